The van der Waals surface area contributed by atoms with E-state index in [0.717, 1.165) is 17.8 Å². The quantitative estimate of drug-likeness (QED) is 0.440. The van der Waals surface area contributed by atoms with Crippen LogP contribution in [0.3, 0.4) is 0 Å². The summed E-state index contributed by atoms with van der Waals surface area (Å²) in [7, 11) is 0. The summed E-state index contributed by atoms with van der Waals surface area (Å²) in [6.45, 7) is 13.4. The van der Waals surface area contributed by atoms with Gasteiger partial charge in [-0.25, -0.2) is 0 Å². The molecule has 0 aromatic heterocycles. The van der Waals surface area contributed by atoms with Gasteiger partial charge in [0.25, 0.3) is 0 Å². The van der Waals surface area contributed by atoms with Crippen molar-refractivity contribution in [3.63, 3.8) is 0 Å². The Morgan fingerprint density at radius 2 is 1.89 bits per heavy atom. The highest BCUT2D eigenvalue weighted by molar-refractivity contribution is 5.46. The Labute approximate surface area is 110 Å². The SMILES string of the molecule is CCOC[N+]1(C(C)(C)C)CCCC1.N#CN=C=[N-]. The monoisotopic (exact) mass is 252 g/mol. The van der Waals surface area contributed by atoms with Gasteiger partial charge in [-0.1, -0.05) is 0 Å². The number of likely N-dealkylation sites (tertiary alicyclic amines) is 1. The molecule has 0 unspecified atom stereocenters. The first-order chi connectivity index (χ1) is 8.43. The maximum absolute atomic E-state index is 7.43. The van der Waals surface area contributed by atoms with Gasteiger partial charge in [0.1, 0.15) is 0 Å². The molecule has 0 spiro atoms. The van der Waals surface area contributed by atoms with E-state index in [-0.39, 0.29) is 0 Å². The van der Waals surface area contributed by atoms with Crippen LogP contribution >= 0.6 is 0 Å². The van der Waals surface area contributed by atoms with E-state index in [0.29, 0.717) is 5.54 Å². The molecule has 0 atom stereocenters. The number of hydrogen-bond acceptors (Lipinski definition) is 3. The summed E-state index contributed by atoms with van der Waals surface area (Å²) in [6, 6.07) is 1.28. The van der Waals surface area contributed by atoms with Crippen molar-refractivity contribution >= 4 is 6.01 Å². The third-order valence-electron chi connectivity index (χ3n) is 3.49. The molecule has 0 radical (unpaired) electrons. The van der Waals surface area contributed by atoms with Crippen LogP contribution < -0.4 is 0 Å². The molecule has 0 aromatic carbocycles. The third-order valence-corrected chi connectivity index (χ3v) is 3.49. The van der Waals surface area contributed by atoms with E-state index >= 15 is 0 Å². The predicted molar refractivity (Wildman–Crippen MR) is 71.9 cm³/mol. The number of nitrogens with zero attached hydrogens (tertiary/aromatic N) is 4. The van der Waals surface area contributed by atoms with E-state index in [1.165, 1.54) is 38.1 Å². The number of aliphatic imine (C=N–C) groups is 1. The molecule has 0 saturated carbocycles. The van der Waals surface area contributed by atoms with Crippen molar-refractivity contribution in [2.45, 2.75) is 46.1 Å². The summed E-state index contributed by atoms with van der Waals surface area (Å²) in [5.41, 5.74) is 0.339. The van der Waals surface area contributed by atoms with Crippen molar-refractivity contribution in [3.8, 4) is 6.19 Å². The molecule has 0 aromatic rings. The Morgan fingerprint density at radius 1 is 1.33 bits per heavy atom. The summed E-state index contributed by atoms with van der Waals surface area (Å²) in [4.78, 5) is 2.58. The van der Waals surface area contributed by atoms with Crippen LogP contribution in [0.2, 0.25) is 0 Å². The molecule has 0 amide bonds. The van der Waals surface area contributed by atoms with E-state index in [1.54, 1.807) is 0 Å². The van der Waals surface area contributed by atoms with Crippen LogP contribution in [0.5, 0.6) is 0 Å². The molecule has 1 fully saturated rings. The zero-order valence-electron chi connectivity index (χ0n) is 11.9. The van der Waals surface area contributed by atoms with Crippen molar-refractivity contribution in [2.24, 2.45) is 4.99 Å². The lowest BCUT2D eigenvalue weighted by Crippen LogP contribution is -2.59. The van der Waals surface area contributed by atoms with Crippen LogP contribution in [-0.2, 0) is 4.74 Å². The van der Waals surface area contributed by atoms with Gasteiger partial charge in [0.2, 0.25) is 0 Å². The number of rotatable bonds is 3. The van der Waals surface area contributed by atoms with Gasteiger partial charge in [0.15, 0.2) is 6.73 Å². The zero-order chi connectivity index (χ0) is 14.1. The average molecular weight is 252 g/mol. The van der Waals surface area contributed by atoms with Crippen molar-refractivity contribution in [1.29, 1.82) is 5.26 Å². The maximum Gasteiger partial charge on any atom is 0.183 e. The smallest absolute Gasteiger partial charge is 0.183 e. The summed E-state index contributed by atoms with van der Waals surface area (Å²) in [5.74, 6) is 0. The largest absolute Gasteiger partial charge is 0.422 e. The lowest BCUT2D eigenvalue weighted by molar-refractivity contribution is -0.976. The first-order valence-electron chi connectivity index (χ1n) is 6.35. The standard InChI is InChI=1S/C11H24NO.C2N3/c1-5-13-10-12(11(2,3)4)8-6-7-9-12;3-1-5-2-4/h5-10H2,1-4H3;/q+1;-1. The van der Waals surface area contributed by atoms with Crippen molar-refractivity contribution in [1.82, 2.24) is 0 Å². The topological polar surface area (TPSA) is 67.7 Å². The lowest BCUT2D eigenvalue weighted by atomic mass is 10.0. The van der Waals surface area contributed by atoms with Gasteiger partial charge >= 0.3 is 0 Å². The molecule has 0 N–H and O–H groups in total. The fraction of sp³-hybridized carbons (Fsp3) is 0.846. The molecule has 0 bridgehead atoms. The third kappa shape index (κ3) is 4.97. The van der Waals surface area contributed by atoms with Crippen LogP contribution in [0.25, 0.3) is 5.41 Å². The second kappa shape index (κ2) is 7.99. The minimum absolute atomic E-state index is 0.339. The molecule has 1 aliphatic heterocycles. The second-order valence-electron chi connectivity index (χ2n) is 5.40. The van der Waals surface area contributed by atoms with Crippen LogP contribution in [-0.4, -0.2) is 42.5 Å². The highest BCUT2D eigenvalue weighted by Crippen LogP contribution is 2.30. The Morgan fingerprint density at radius 3 is 2.17 bits per heavy atom. The fourth-order valence-electron chi connectivity index (χ4n) is 2.22. The lowest BCUT2D eigenvalue weighted by Gasteiger charge is -2.45. The number of quaternary nitrogens is 1. The van der Waals surface area contributed by atoms with Gasteiger partial charge in [0, 0.05) is 19.4 Å². The summed E-state index contributed by atoms with van der Waals surface area (Å²) >= 11 is 0. The molecule has 1 aliphatic rings. The van der Waals surface area contributed by atoms with E-state index in [2.05, 4.69) is 32.7 Å². The maximum atomic E-state index is 7.43. The average Bonchev–Trinajstić information content (AvgIpc) is 2.77. The molecule has 18 heavy (non-hydrogen) atoms. The Balaban J connectivity index is 0.000000494. The first-order valence-corrected chi connectivity index (χ1v) is 6.35. The van der Waals surface area contributed by atoms with Gasteiger partial charge in [-0.15, -0.1) is 6.01 Å². The molecule has 1 saturated heterocycles. The van der Waals surface area contributed by atoms with Gasteiger partial charge in [-0.2, -0.15) is 5.26 Å². The molecule has 102 valence electrons. The molecule has 5 heteroatoms. The first kappa shape index (κ1) is 16.8. The molecule has 0 aliphatic carbocycles. The number of nitriles is 1. The van der Waals surface area contributed by atoms with Gasteiger partial charge in [-0.05, 0) is 27.7 Å². The van der Waals surface area contributed by atoms with Crippen LogP contribution in [0, 0.1) is 11.5 Å². The van der Waals surface area contributed by atoms with Crippen LogP contribution in [0.1, 0.15) is 40.5 Å². The molecule has 1 rings (SSSR count). The fourth-order valence-corrected chi connectivity index (χ4v) is 2.22. The van der Waals surface area contributed by atoms with Gasteiger partial charge in [-0.3, -0.25) is 4.48 Å². The molecular weight excluding hydrogens is 228 g/mol. The van der Waals surface area contributed by atoms with E-state index < -0.39 is 0 Å². The number of hydrogen-bond donors (Lipinski definition) is 0. The molecule has 5 nitrogen and oxygen atoms in total. The minimum Gasteiger partial charge on any atom is -0.422 e. The summed E-state index contributed by atoms with van der Waals surface area (Å²) in [5, 5.41) is 14.9. The molecule has 1 heterocycles. The summed E-state index contributed by atoms with van der Waals surface area (Å²) in [6.07, 6.45) is 4.01. The highest BCUT2D eigenvalue weighted by Gasteiger charge is 2.42. The van der Waals surface area contributed by atoms with Gasteiger partial charge < -0.3 is 15.1 Å². The van der Waals surface area contributed by atoms with Crippen molar-refractivity contribution in [2.75, 3.05) is 26.4 Å². The summed E-state index contributed by atoms with van der Waals surface area (Å²) < 4.78 is 6.77. The normalized spacial score (nSPS) is 17.1. The second-order valence-corrected chi connectivity index (χ2v) is 5.40. The van der Waals surface area contributed by atoms with Crippen LogP contribution in [0.4, 0.5) is 0 Å². The number of ether oxygens (including phenoxy) is 1. The zero-order valence-corrected chi connectivity index (χ0v) is 11.9. The Bertz CT molecular complexity index is 315. The predicted octanol–water partition coefficient (Wildman–Crippen LogP) is 2.60. The highest BCUT2D eigenvalue weighted by atomic mass is 16.5. The van der Waals surface area contributed by atoms with E-state index in [9.17, 15) is 0 Å². The minimum atomic E-state index is 0.339. The van der Waals surface area contributed by atoms with Crippen molar-refractivity contribution in [3.05, 3.63) is 5.41 Å². The van der Waals surface area contributed by atoms with Crippen LogP contribution in [0.15, 0.2) is 4.99 Å². The Hall–Kier alpha value is -1.21. The van der Waals surface area contributed by atoms with E-state index in [4.69, 9.17) is 15.4 Å². The van der Waals surface area contributed by atoms with Gasteiger partial charge in [0.05, 0.1) is 24.8 Å². The van der Waals surface area contributed by atoms with E-state index in [1.807, 2.05) is 0 Å². The van der Waals surface area contributed by atoms with Crippen molar-refractivity contribution < 1.29 is 9.22 Å². The molecular formula is C13H24N4O. The Kier molecular flexibility index (Phi) is 7.45.